The zero-order chi connectivity index (χ0) is 20.0. The summed E-state index contributed by atoms with van der Waals surface area (Å²) < 4.78 is 0. The number of aryl methyl sites for hydroxylation is 1. The van der Waals surface area contributed by atoms with Crippen LogP contribution in [0.3, 0.4) is 0 Å². The number of hydrogen-bond acceptors (Lipinski definition) is 4. The minimum atomic E-state index is -1.19. The van der Waals surface area contributed by atoms with Crippen LogP contribution in [0.2, 0.25) is 5.02 Å². The molecular weight excluding hydrogens is 382 g/mol. The fourth-order valence-corrected chi connectivity index (χ4v) is 4.08. The Labute approximate surface area is 166 Å². The highest BCUT2D eigenvalue weighted by Crippen LogP contribution is 2.36. The number of carbonyl (C=O) groups excluding carboxylic acids is 2. The third-order valence-corrected chi connectivity index (χ3v) is 5.50. The van der Waals surface area contributed by atoms with Gasteiger partial charge in [0.2, 0.25) is 5.91 Å². The van der Waals surface area contributed by atoms with Crippen LogP contribution in [0.15, 0.2) is 36.5 Å². The summed E-state index contributed by atoms with van der Waals surface area (Å²) in [6.45, 7) is 2.21. The van der Waals surface area contributed by atoms with Crippen molar-refractivity contribution in [2.45, 2.75) is 25.8 Å². The second-order valence-corrected chi connectivity index (χ2v) is 7.50. The van der Waals surface area contributed by atoms with Gasteiger partial charge in [0.05, 0.1) is 11.6 Å². The Morgan fingerprint density at radius 2 is 2.07 bits per heavy atom. The molecule has 7 nitrogen and oxygen atoms in total. The number of likely N-dealkylation sites (tertiary alicyclic amines) is 1. The number of hydrogen-bond donors (Lipinski definition) is 1. The molecule has 8 heteroatoms. The summed E-state index contributed by atoms with van der Waals surface area (Å²) in [5.41, 5.74) is 3.18. The Balaban J connectivity index is 1.57. The highest BCUT2D eigenvalue weighted by atomic mass is 35.5. The van der Waals surface area contributed by atoms with Gasteiger partial charge in [-0.1, -0.05) is 17.7 Å². The van der Waals surface area contributed by atoms with E-state index in [4.69, 9.17) is 11.6 Å². The lowest BCUT2D eigenvalue weighted by atomic mass is 9.82. The van der Waals surface area contributed by atoms with Gasteiger partial charge in [-0.05, 0) is 55.2 Å². The number of benzene rings is 1. The summed E-state index contributed by atoms with van der Waals surface area (Å²) in [7, 11) is 0. The van der Waals surface area contributed by atoms with E-state index >= 15 is 0 Å². The van der Waals surface area contributed by atoms with Crippen LogP contribution in [0.5, 0.6) is 0 Å². The Morgan fingerprint density at radius 1 is 1.29 bits per heavy atom. The standard InChI is InChI=1S/C20H18ClN3O4/c1-11-8-12(4-6-22-11)9-15-17(19(26)27)24(18(15)25)20(28)23-7-5-13-2-3-14(21)10-16(13)23/h2-4,6,8,10,15,17H,5,7,9H2,1H3,(H,26,27)/t15-,17+/m1/s1. The van der Waals surface area contributed by atoms with E-state index in [1.54, 1.807) is 24.4 Å². The number of carboxylic acid groups (broad SMARTS) is 1. The number of aliphatic carboxylic acids is 1. The molecule has 2 aliphatic heterocycles. The molecular formula is C20H18ClN3O4. The summed E-state index contributed by atoms with van der Waals surface area (Å²) >= 11 is 6.04. The lowest BCUT2D eigenvalue weighted by Gasteiger charge is -2.44. The van der Waals surface area contributed by atoms with Crippen LogP contribution >= 0.6 is 11.6 Å². The maximum Gasteiger partial charge on any atom is 0.332 e. The third-order valence-electron chi connectivity index (χ3n) is 5.26. The number of halogens is 1. The normalized spacial score (nSPS) is 20.7. The molecule has 0 bridgehead atoms. The van der Waals surface area contributed by atoms with E-state index in [0.29, 0.717) is 23.7 Å². The second kappa shape index (κ2) is 6.91. The molecule has 0 radical (unpaired) electrons. The topological polar surface area (TPSA) is 90.8 Å². The van der Waals surface area contributed by atoms with E-state index in [-0.39, 0.29) is 6.42 Å². The van der Waals surface area contributed by atoms with Gasteiger partial charge in [0.25, 0.3) is 0 Å². The zero-order valence-electron chi connectivity index (χ0n) is 15.1. The van der Waals surface area contributed by atoms with Gasteiger partial charge < -0.3 is 5.11 Å². The largest absolute Gasteiger partial charge is 0.480 e. The van der Waals surface area contributed by atoms with Crippen LogP contribution in [-0.4, -0.2) is 45.5 Å². The Hall–Kier alpha value is -2.93. The van der Waals surface area contributed by atoms with Gasteiger partial charge in [0.1, 0.15) is 0 Å². The maximum atomic E-state index is 13.0. The lowest BCUT2D eigenvalue weighted by Crippen LogP contribution is -2.69. The highest BCUT2D eigenvalue weighted by molar-refractivity contribution is 6.31. The molecule has 2 atom stereocenters. The number of amides is 3. The summed E-state index contributed by atoms with van der Waals surface area (Å²) in [4.78, 5) is 43.9. The number of carboxylic acids is 1. The minimum Gasteiger partial charge on any atom is -0.480 e. The van der Waals surface area contributed by atoms with E-state index in [9.17, 15) is 19.5 Å². The van der Waals surface area contributed by atoms with Gasteiger partial charge in [0.15, 0.2) is 6.04 Å². The molecule has 1 aromatic carbocycles. The van der Waals surface area contributed by atoms with Crippen LogP contribution in [-0.2, 0) is 22.4 Å². The van der Waals surface area contributed by atoms with Crippen molar-refractivity contribution in [3.63, 3.8) is 0 Å². The number of imide groups is 1. The third kappa shape index (κ3) is 3.01. The van der Waals surface area contributed by atoms with Crippen molar-refractivity contribution < 1.29 is 19.5 Å². The van der Waals surface area contributed by atoms with E-state index in [2.05, 4.69) is 4.98 Å². The molecule has 4 rings (SSSR count). The van der Waals surface area contributed by atoms with Gasteiger partial charge >= 0.3 is 12.0 Å². The molecule has 0 spiro atoms. The zero-order valence-corrected chi connectivity index (χ0v) is 15.9. The number of urea groups is 1. The number of fused-ring (bicyclic) bond motifs is 1. The van der Waals surface area contributed by atoms with Crippen LogP contribution < -0.4 is 4.90 Å². The number of anilines is 1. The Kier molecular flexibility index (Phi) is 4.55. The minimum absolute atomic E-state index is 0.255. The highest BCUT2D eigenvalue weighted by Gasteiger charge is 2.56. The number of β-lactam (4-membered cyclic amide) rings is 1. The fourth-order valence-electron chi connectivity index (χ4n) is 3.91. The monoisotopic (exact) mass is 399 g/mol. The van der Waals surface area contributed by atoms with Crippen molar-refractivity contribution >= 4 is 35.2 Å². The predicted octanol–water partition coefficient (Wildman–Crippen LogP) is 2.68. The van der Waals surface area contributed by atoms with Gasteiger partial charge in [-0.15, -0.1) is 0 Å². The number of carbonyl (C=O) groups is 3. The van der Waals surface area contributed by atoms with E-state index in [0.717, 1.165) is 21.7 Å². The van der Waals surface area contributed by atoms with Gasteiger partial charge in [0, 0.05) is 23.5 Å². The lowest BCUT2D eigenvalue weighted by molar-refractivity contribution is -0.165. The summed E-state index contributed by atoms with van der Waals surface area (Å²) in [5, 5.41) is 10.1. The quantitative estimate of drug-likeness (QED) is 0.801. The summed E-state index contributed by atoms with van der Waals surface area (Å²) in [5.74, 6) is -2.43. The number of aromatic nitrogens is 1. The Bertz CT molecular complexity index is 993. The van der Waals surface area contributed by atoms with Crippen molar-refractivity contribution in [1.29, 1.82) is 0 Å². The SMILES string of the molecule is Cc1cc(C[C@H]2C(=O)N(C(=O)N3CCc4ccc(Cl)cc43)[C@@H]2C(=O)O)ccn1. The van der Waals surface area contributed by atoms with E-state index in [1.165, 1.54) is 4.90 Å². The molecule has 2 aliphatic rings. The van der Waals surface area contributed by atoms with Crippen molar-refractivity contribution in [1.82, 2.24) is 9.88 Å². The smallest absolute Gasteiger partial charge is 0.332 e. The van der Waals surface area contributed by atoms with Crippen LogP contribution in [0, 0.1) is 12.8 Å². The molecule has 2 aromatic rings. The fraction of sp³-hybridized carbons (Fsp3) is 0.300. The summed E-state index contributed by atoms with van der Waals surface area (Å²) in [6, 6.07) is 7.02. The van der Waals surface area contributed by atoms with Crippen LogP contribution in [0.25, 0.3) is 0 Å². The summed E-state index contributed by atoms with van der Waals surface area (Å²) in [6.07, 6.45) is 2.51. The van der Waals surface area contributed by atoms with Gasteiger partial charge in [-0.3, -0.25) is 14.7 Å². The molecule has 1 N–H and O–H groups in total. The molecule has 0 unspecified atom stereocenters. The van der Waals surface area contributed by atoms with Crippen molar-refractivity contribution in [3.05, 3.63) is 58.4 Å². The first-order valence-corrected chi connectivity index (χ1v) is 9.32. The number of pyridine rings is 1. The van der Waals surface area contributed by atoms with Crippen molar-refractivity contribution in [2.75, 3.05) is 11.4 Å². The first kappa shape index (κ1) is 18.4. The molecule has 1 fully saturated rings. The average Bonchev–Trinajstić information content (AvgIpc) is 3.06. The molecule has 3 amide bonds. The second-order valence-electron chi connectivity index (χ2n) is 7.06. The molecule has 0 saturated carbocycles. The van der Waals surface area contributed by atoms with Gasteiger partial charge in [-0.2, -0.15) is 0 Å². The first-order valence-electron chi connectivity index (χ1n) is 8.94. The van der Waals surface area contributed by atoms with Crippen LogP contribution in [0.1, 0.15) is 16.8 Å². The molecule has 0 aliphatic carbocycles. The van der Waals surface area contributed by atoms with Crippen molar-refractivity contribution in [3.8, 4) is 0 Å². The maximum absolute atomic E-state index is 13.0. The number of nitrogens with zero attached hydrogens (tertiary/aromatic N) is 3. The van der Waals surface area contributed by atoms with E-state index < -0.39 is 29.9 Å². The molecule has 1 saturated heterocycles. The molecule has 28 heavy (non-hydrogen) atoms. The Morgan fingerprint density at radius 3 is 2.79 bits per heavy atom. The van der Waals surface area contributed by atoms with Crippen LogP contribution in [0.4, 0.5) is 10.5 Å². The average molecular weight is 400 g/mol. The first-order chi connectivity index (χ1) is 13.4. The predicted molar refractivity (Wildman–Crippen MR) is 102 cm³/mol. The van der Waals surface area contributed by atoms with Crippen molar-refractivity contribution in [2.24, 2.45) is 5.92 Å². The van der Waals surface area contributed by atoms with E-state index in [1.807, 2.05) is 19.1 Å². The molecule has 3 heterocycles. The molecule has 1 aromatic heterocycles. The van der Waals surface area contributed by atoms with Gasteiger partial charge in [-0.25, -0.2) is 14.5 Å². The number of rotatable bonds is 3. The molecule has 144 valence electrons.